The maximum absolute atomic E-state index is 12.6. The molecule has 23 heavy (non-hydrogen) atoms. The zero-order valence-corrected chi connectivity index (χ0v) is 13.9. The van der Waals surface area contributed by atoms with Gasteiger partial charge in [-0.25, -0.2) is 0 Å². The molecule has 0 fully saturated rings. The minimum Gasteiger partial charge on any atom is -0.508 e. The molecule has 1 aromatic carbocycles. The molecule has 0 saturated carbocycles. The molecule has 3 N–H and O–H groups in total. The number of hydrogen-bond acceptors (Lipinski definition) is 4. The maximum Gasteiger partial charge on any atom is 0.256 e. The van der Waals surface area contributed by atoms with Crippen molar-refractivity contribution in [1.82, 2.24) is 5.32 Å². The van der Waals surface area contributed by atoms with Gasteiger partial charge in [0.1, 0.15) is 16.9 Å². The second kappa shape index (κ2) is 5.57. The molecule has 2 aliphatic rings. The lowest BCUT2D eigenvalue weighted by Crippen LogP contribution is -2.38. The number of carbonyl (C=O) groups excluding carboxylic acids is 1. The highest BCUT2D eigenvalue weighted by atomic mass is 32.1. The average molecular weight is 328 g/mol. The number of fused-ring (bicyclic) bond motifs is 3. The third kappa shape index (κ3) is 2.39. The summed E-state index contributed by atoms with van der Waals surface area (Å²) in [5.74, 6) is 0.903. The van der Waals surface area contributed by atoms with E-state index in [1.165, 1.54) is 23.3 Å². The summed E-state index contributed by atoms with van der Waals surface area (Å²) < 4.78 is 0. The number of phenolic OH excluding ortho intramolecular Hbond substituents is 1. The van der Waals surface area contributed by atoms with Crippen molar-refractivity contribution in [2.75, 3.05) is 5.32 Å². The molecule has 1 amide bonds. The third-order valence-electron chi connectivity index (χ3n) is 4.97. The van der Waals surface area contributed by atoms with E-state index in [4.69, 9.17) is 0 Å². The fourth-order valence-corrected chi connectivity index (χ4v) is 4.99. The van der Waals surface area contributed by atoms with Crippen molar-refractivity contribution < 1.29 is 9.90 Å². The zero-order valence-electron chi connectivity index (χ0n) is 13.1. The molecule has 0 saturated heterocycles. The Hall–Kier alpha value is -2.01. The predicted molar refractivity (Wildman–Crippen MR) is 92.1 cm³/mol. The molecule has 1 aromatic heterocycles. The van der Waals surface area contributed by atoms with Crippen LogP contribution in [0.4, 0.5) is 5.00 Å². The van der Waals surface area contributed by atoms with Crippen molar-refractivity contribution in [3.05, 3.63) is 45.8 Å². The van der Waals surface area contributed by atoms with Gasteiger partial charge in [0.05, 0.1) is 5.56 Å². The van der Waals surface area contributed by atoms with Crippen molar-refractivity contribution in [1.29, 1.82) is 0 Å². The van der Waals surface area contributed by atoms with E-state index in [1.54, 1.807) is 23.5 Å². The Morgan fingerprint density at radius 2 is 2.13 bits per heavy atom. The Morgan fingerprint density at radius 3 is 2.91 bits per heavy atom. The van der Waals surface area contributed by atoms with Gasteiger partial charge in [0.25, 0.3) is 5.91 Å². The first kappa shape index (κ1) is 14.6. The van der Waals surface area contributed by atoms with E-state index < -0.39 is 0 Å². The number of benzene rings is 1. The molecule has 0 unspecified atom stereocenters. The highest BCUT2D eigenvalue weighted by Gasteiger charge is 2.34. The van der Waals surface area contributed by atoms with Crippen LogP contribution < -0.4 is 10.6 Å². The van der Waals surface area contributed by atoms with E-state index in [0.717, 1.165) is 29.3 Å². The van der Waals surface area contributed by atoms with Crippen LogP contribution in [0.15, 0.2) is 24.3 Å². The lowest BCUT2D eigenvalue weighted by molar-refractivity contribution is 0.0935. The molecule has 4 rings (SSSR count). The lowest BCUT2D eigenvalue weighted by atomic mass is 9.85. The van der Waals surface area contributed by atoms with Gasteiger partial charge < -0.3 is 15.7 Å². The van der Waals surface area contributed by atoms with Gasteiger partial charge in [-0.1, -0.05) is 31.5 Å². The summed E-state index contributed by atoms with van der Waals surface area (Å²) in [5.41, 5.74) is 2.76. The Bertz CT molecular complexity index is 768. The summed E-state index contributed by atoms with van der Waals surface area (Å²) in [7, 11) is 0. The van der Waals surface area contributed by atoms with Gasteiger partial charge in [-0.3, -0.25) is 4.79 Å². The Morgan fingerprint density at radius 1 is 1.30 bits per heavy atom. The number of nitrogens with one attached hydrogen (secondary N) is 2. The lowest BCUT2D eigenvalue weighted by Gasteiger charge is -2.27. The summed E-state index contributed by atoms with van der Waals surface area (Å²) in [5, 5.41) is 17.4. The molecule has 5 heteroatoms. The molecule has 2 aromatic rings. The van der Waals surface area contributed by atoms with E-state index in [2.05, 4.69) is 17.6 Å². The smallest absolute Gasteiger partial charge is 0.256 e. The number of phenols is 1. The van der Waals surface area contributed by atoms with Gasteiger partial charge in [0.15, 0.2) is 0 Å². The van der Waals surface area contributed by atoms with Gasteiger partial charge in [0.2, 0.25) is 0 Å². The van der Waals surface area contributed by atoms with Gasteiger partial charge in [-0.15, -0.1) is 11.3 Å². The fraction of sp³-hybridized carbons (Fsp3) is 0.389. The minimum absolute atomic E-state index is 0.0283. The predicted octanol–water partition coefficient (Wildman–Crippen LogP) is 3.82. The average Bonchev–Trinajstić information content (AvgIpc) is 2.92. The van der Waals surface area contributed by atoms with E-state index in [0.29, 0.717) is 5.56 Å². The standard InChI is InChI=1S/C18H20N2O2S/c1-2-10-7-8-12-14(9-10)23-18-15(12)17(22)19-16(20-18)11-5-3-4-6-13(11)21/h3-6,10,16,20-21H,2,7-9H2,1H3,(H,19,22)/t10-,16-/m0/s1. The molecule has 0 radical (unpaired) electrons. The second-order valence-electron chi connectivity index (χ2n) is 6.33. The largest absolute Gasteiger partial charge is 0.508 e. The van der Waals surface area contributed by atoms with Crippen LogP contribution in [0.1, 0.15) is 52.3 Å². The van der Waals surface area contributed by atoms with Crippen molar-refractivity contribution in [2.24, 2.45) is 5.92 Å². The summed E-state index contributed by atoms with van der Waals surface area (Å²) >= 11 is 1.71. The number of anilines is 1. The van der Waals surface area contributed by atoms with Gasteiger partial charge >= 0.3 is 0 Å². The SMILES string of the molecule is CC[C@H]1CCc2c(sc3c2C(=O)N[C@H](c2ccccc2O)N3)C1. The van der Waals surface area contributed by atoms with Crippen molar-refractivity contribution in [2.45, 2.75) is 38.8 Å². The van der Waals surface area contributed by atoms with Crippen LogP contribution in [0, 0.1) is 5.92 Å². The van der Waals surface area contributed by atoms with Crippen LogP contribution >= 0.6 is 11.3 Å². The molecular formula is C18H20N2O2S. The van der Waals surface area contributed by atoms with Crippen molar-refractivity contribution in [3.8, 4) is 5.75 Å². The number of amides is 1. The normalized spacial score (nSPS) is 22.7. The Kier molecular flexibility index (Phi) is 3.53. The van der Waals surface area contributed by atoms with Gasteiger partial charge in [-0.05, 0) is 36.8 Å². The fourth-order valence-electron chi connectivity index (χ4n) is 3.60. The molecular weight excluding hydrogens is 308 g/mol. The Balaban J connectivity index is 1.69. The number of thiophene rings is 1. The quantitative estimate of drug-likeness (QED) is 0.785. The second-order valence-corrected chi connectivity index (χ2v) is 7.44. The van der Waals surface area contributed by atoms with E-state index in [1.807, 2.05) is 12.1 Å². The van der Waals surface area contributed by atoms with Crippen LogP contribution in [-0.4, -0.2) is 11.0 Å². The van der Waals surface area contributed by atoms with E-state index in [9.17, 15) is 9.90 Å². The first-order valence-electron chi connectivity index (χ1n) is 8.17. The summed E-state index contributed by atoms with van der Waals surface area (Å²) in [6.07, 6.45) is 4.07. The molecule has 120 valence electrons. The molecule has 1 aliphatic carbocycles. The molecule has 0 spiro atoms. The number of carbonyl (C=O) groups is 1. The molecule has 4 nitrogen and oxygen atoms in total. The molecule has 0 bridgehead atoms. The topological polar surface area (TPSA) is 61.4 Å². The number of aromatic hydroxyl groups is 1. The first-order valence-corrected chi connectivity index (χ1v) is 8.98. The van der Waals surface area contributed by atoms with Gasteiger partial charge in [-0.2, -0.15) is 0 Å². The molecule has 2 heterocycles. The molecule has 1 aliphatic heterocycles. The van der Waals surface area contributed by atoms with Gasteiger partial charge in [0, 0.05) is 10.4 Å². The maximum atomic E-state index is 12.6. The van der Waals surface area contributed by atoms with Crippen molar-refractivity contribution >= 4 is 22.2 Å². The Labute approximate surface area is 139 Å². The molecule has 2 atom stereocenters. The van der Waals surface area contributed by atoms with Crippen LogP contribution in [-0.2, 0) is 12.8 Å². The summed E-state index contributed by atoms with van der Waals surface area (Å²) in [4.78, 5) is 14.0. The summed E-state index contributed by atoms with van der Waals surface area (Å²) in [6, 6.07) is 7.12. The van der Waals surface area contributed by atoms with Crippen LogP contribution in [0.25, 0.3) is 0 Å². The zero-order chi connectivity index (χ0) is 16.0. The third-order valence-corrected chi connectivity index (χ3v) is 6.16. The first-order chi connectivity index (χ1) is 11.2. The number of para-hydroxylation sites is 1. The minimum atomic E-state index is -0.377. The number of hydrogen-bond donors (Lipinski definition) is 3. The van der Waals surface area contributed by atoms with Crippen LogP contribution in [0.5, 0.6) is 5.75 Å². The highest BCUT2D eigenvalue weighted by molar-refractivity contribution is 7.16. The van der Waals surface area contributed by atoms with Crippen LogP contribution in [0.3, 0.4) is 0 Å². The monoisotopic (exact) mass is 328 g/mol. The van der Waals surface area contributed by atoms with E-state index >= 15 is 0 Å². The number of rotatable bonds is 2. The highest BCUT2D eigenvalue weighted by Crippen LogP contribution is 2.43. The van der Waals surface area contributed by atoms with Crippen molar-refractivity contribution in [3.63, 3.8) is 0 Å². The van der Waals surface area contributed by atoms with Crippen LogP contribution in [0.2, 0.25) is 0 Å². The van der Waals surface area contributed by atoms with E-state index in [-0.39, 0.29) is 17.8 Å². The summed E-state index contributed by atoms with van der Waals surface area (Å²) in [6.45, 7) is 2.24.